The number of aliphatic carboxylic acids is 3. The number of methoxy groups -OCH3 is 1. The molecular formula is C58H72N10O34. The van der Waals surface area contributed by atoms with Crippen molar-refractivity contribution in [2.75, 3.05) is 39.8 Å². The van der Waals surface area contributed by atoms with E-state index in [-0.39, 0.29) is 156 Å². The number of hydrogen-bond acceptors (Lipinski definition) is 33. The number of imide groups is 10. The minimum absolute atomic E-state index is 0. The summed E-state index contributed by atoms with van der Waals surface area (Å²) in [5, 5.41) is 25.3. The van der Waals surface area contributed by atoms with Crippen LogP contribution in [0.4, 0.5) is 9.59 Å². The average molecular weight is 1450 g/mol. The molecule has 44 heteroatoms. The molecule has 558 valence electrons. The highest BCUT2D eigenvalue weighted by Gasteiger charge is 2.39. The van der Waals surface area contributed by atoms with Gasteiger partial charge >= 0.3 is 54.0 Å². The molecule has 0 aromatic rings. The lowest BCUT2D eigenvalue weighted by atomic mass is 10.4. The van der Waals surface area contributed by atoms with Gasteiger partial charge in [-0.25, -0.2) is 24.0 Å². The molecule has 0 aliphatic carbocycles. The molecule has 0 aromatic heterocycles. The first-order valence-corrected chi connectivity index (χ1v) is 27.6. The first-order chi connectivity index (χ1) is 46.1. The Balaban J connectivity index is -0.00000113. The lowest BCUT2D eigenvalue weighted by molar-refractivity contribution is -0.198. The molecule has 0 saturated carbocycles. The van der Waals surface area contributed by atoms with Gasteiger partial charge in [0.25, 0.3) is 94.5 Å². The van der Waals surface area contributed by atoms with Gasteiger partial charge in [-0.1, -0.05) is 39.8 Å². The van der Waals surface area contributed by atoms with E-state index >= 15 is 0 Å². The predicted octanol–water partition coefficient (Wildman–Crippen LogP) is -2.84. The van der Waals surface area contributed by atoms with E-state index in [1.54, 1.807) is 0 Å². The van der Waals surface area contributed by atoms with Crippen molar-refractivity contribution in [2.24, 2.45) is 11.5 Å². The Hall–Kier alpha value is -13.0. The number of hydrogen-bond donors (Lipinski definition) is 5. The first-order valence-electron chi connectivity index (χ1n) is 27.6. The van der Waals surface area contributed by atoms with Crippen LogP contribution in [0.15, 0.2) is 60.8 Å². The van der Waals surface area contributed by atoms with Crippen LogP contribution in [0.25, 0.3) is 0 Å². The molecule has 0 bridgehead atoms. The number of carbonyl (C=O) groups excluding carboxylic acids is 22. The van der Waals surface area contributed by atoms with E-state index in [1.807, 2.05) is 0 Å². The average Bonchev–Trinajstić information content (AvgIpc) is 1.57. The number of cyclic esters (lactones) is 2. The third kappa shape index (κ3) is 31.4. The number of nitrogens with zero attached hydrogens (tertiary/aromatic N) is 8. The van der Waals surface area contributed by atoms with Crippen LogP contribution in [0.3, 0.4) is 0 Å². The molecule has 9 heterocycles. The van der Waals surface area contributed by atoms with Crippen LogP contribution in [0, 0.1) is 0 Å². The molecule has 17 amide bonds. The van der Waals surface area contributed by atoms with E-state index in [4.69, 9.17) is 26.8 Å². The largest absolute Gasteiger partial charge is 0.560 e. The van der Waals surface area contributed by atoms with Crippen LogP contribution < -0.4 is 11.5 Å². The minimum atomic E-state index is -1.48. The number of esters is 2. The summed E-state index contributed by atoms with van der Waals surface area (Å²) in [5.74, 6) is -14.8. The fraction of sp³-hybridized carbons (Fsp3) is 0.397. The molecule has 7 N–H and O–H groups in total. The van der Waals surface area contributed by atoms with Crippen LogP contribution in [-0.2, 0) is 139 Å². The first kappa shape index (κ1) is 93.2. The van der Waals surface area contributed by atoms with Gasteiger partial charge in [-0.15, -0.1) is 10.1 Å². The van der Waals surface area contributed by atoms with Crippen LogP contribution in [0.2, 0.25) is 0 Å². The van der Waals surface area contributed by atoms with Gasteiger partial charge in [0.05, 0.1) is 39.2 Å². The lowest BCUT2D eigenvalue weighted by Crippen LogP contribution is -2.37. The summed E-state index contributed by atoms with van der Waals surface area (Å²) in [4.78, 5) is 292. The van der Waals surface area contributed by atoms with E-state index in [0.717, 1.165) is 82.6 Å². The quantitative estimate of drug-likeness (QED) is 0.0556. The molecule has 102 heavy (non-hydrogen) atoms. The zero-order valence-corrected chi connectivity index (χ0v) is 50.7. The number of carboxylic acids is 3. The summed E-state index contributed by atoms with van der Waals surface area (Å²) in [6.45, 7) is 0.101. The van der Waals surface area contributed by atoms with Crippen LogP contribution >= 0.6 is 0 Å². The molecule has 9 aliphatic rings. The Morgan fingerprint density at radius 3 is 0.775 bits per heavy atom. The normalized spacial score (nSPS) is 16.2. The molecule has 0 unspecified atom stereocenters. The SMILES string of the molecule is C.C.C.C.COC(=O)N1C(=O)C=CC1=O.NCCC(=O)O.NCCC(=O)O.O=C(CCN1C(=O)C=CC1=O)ON1C(=O)CCC1=O.O=C(CCN1C(=O)C=CC1=O)ON1C(=O)CCC1=O.O=C(O)CCN1C(=O)C=CC1=O.O=C(ON1C(=O)CCC1=O)ON1C(=O)CCC1=O.O=C1C=CC(=O)O1. The second-order valence-corrected chi connectivity index (χ2v) is 18.6. The van der Waals surface area contributed by atoms with Crippen molar-refractivity contribution >= 4 is 149 Å². The number of rotatable bonds is 17. The van der Waals surface area contributed by atoms with Crippen LogP contribution in [0.5, 0.6) is 0 Å². The third-order valence-electron chi connectivity index (χ3n) is 11.5. The zero-order chi connectivity index (χ0) is 74.1. The van der Waals surface area contributed by atoms with Crippen molar-refractivity contribution in [3.05, 3.63) is 60.8 Å². The summed E-state index contributed by atoms with van der Waals surface area (Å²) in [6, 6.07) is 0. The van der Waals surface area contributed by atoms with Gasteiger partial charge < -0.3 is 45.9 Å². The Kier molecular flexibility index (Phi) is 42.2. The highest BCUT2D eigenvalue weighted by Crippen LogP contribution is 2.18. The summed E-state index contributed by atoms with van der Waals surface area (Å²) < 4.78 is 8.15. The second-order valence-electron chi connectivity index (χ2n) is 18.6. The van der Waals surface area contributed by atoms with E-state index < -0.39 is 149 Å². The number of amides is 17. The molecular weight excluding hydrogens is 1380 g/mol. The van der Waals surface area contributed by atoms with Crippen molar-refractivity contribution in [1.29, 1.82) is 0 Å². The van der Waals surface area contributed by atoms with Crippen LogP contribution in [-0.4, -0.2) is 244 Å². The van der Waals surface area contributed by atoms with Gasteiger partial charge in [0.1, 0.15) is 0 Å². The summed E-state index contributed by atoms with van der Waals surface area (Å²) in [5.41, 5.74) is 9.70. The zero-order valence-electron chi connectivity index (χ0n) is 50.7. The molecule has 4 saturated heterocycles. The highest BCUT2D eigenvalue weighted by molar-refractivity contribution is 6.21. The fourth-order valence-electron chi connectivity index (χ4n) is 6.88. The van der Waals surface area contributed by atoms with Gasteiger partial charge in [0, 0.05) is 145 Å². The van der Waals surface area contributed by atoms with Crippen molar-refractivity contribution < 1.29 is 164 Å². The maximum Gasteiger partial charge on any atom is 0.560 e. The van der Waals surface area contributed by atoms with E-state index in [9.17, 15) is 120 Å². The molecule has 0 radical (unpaired) electrons. The maximum atomic E-state index is 11.4. The van der Waals surface area contributed by atoms with Crippen molar-refractivity contribution in [3.8, 4) is 0 Å². The van der Waals surface area contributed by atoms with Gasteiger partial charge in [-0.05, 0) is 0 Å². The number of hydroxylamine groups is 8. The molecule has 44 nitrogen and oxygen atoms in total. The maximum absolute atomic E-state index is 11.4. The standard InChI is InChI=1S/2C11H10N2O6.C9H8N2O7.C7H7NO4.C6H5NO4.C4H2O3.2C3H7NO2.4CH4/c2*14-7-1-2-8(15)12(7)6-5-11(18)19-13-9(16)3-4-10(13)17;12-5-1-2-6(13)10(5)17-9(16)18-11-7(14)3-4-8(11)15;9-5-1-2-6(10)8(5)4-3-7(11)12;1-11-6(10)7-4(8)2-3-5(7)9;5-3-1-2-4(6)7-3;2*4-2-1-3(5)6;;;;/h2*1-2H,3-6H2;1-4H2;1-2H,3-4H2,(H,11,12);2-3H,1H3;1-2H;2*1-2,4H2,(H,5,6);4*1H4. The number of carbonyl (C=O) groups is 25. The summed E-state index contributed by atoms with van der Waals surface area (Å²) in [6.07, 6.45) is 7.58. The van der Waals surface area contributed by atoms with Crippen molar-refractivity contribution in [1.82, 2.24) is 39.9 Å². The summed E-state index contributed by atoms with van der Waals surface area (Å²) >= 11 is 0. The van der Waals surface area contributed by atoms with Gasteiger partial charge in [-0.3, -0.25) is 115 Å². The van der Waals surface area contributed by atoms with Crippen molar-refractivity contribution in [2.45, 2.75) is 113 Å². The van der Waals surface area contributed by atoms with E-state index in [2.05, 4.69) is 28.8 Å². The molecule has 0 atom stereocenters. The van der Waals surface area contributed by atoms with E-state index in [0.29, 0.717) is 15.0 Å². The molecule has 9 aliphatic heterocycles. The van der Waals surface area contributed by atoms with E-state index in [1.165, 1.54) is 0 Å². The van der Waals surface area contributed by atoms with Gasteiger partial charge in [-0.2, -0.15) is 9.69 Å². The molecule has 0 spiro atoms. The van der Waals surface area contributed by atoms with Gasteiger partial charge in [0.15, 0.2) is 0 Å². The summed E-state index contributed by atoms with van der Waals surface area (Å²) in [7, 11) is 1.10. The Morgan fingerprint density at radius 1 is 0.353 bits per heavy atom. The second kappa shape index (κ2) is 46.2. The Morgan fingerprint density at radius 2 is 0.578 bits per heavy atom. The molecule has 0 aromatic carbocycles. The van der Waals surface area contributed by atoms with Gasteiger partial charge in [0.2, 0.25) is 0 Å². The minimum Gasteiger partial charge on any atom is -0.481 e. The Bertz CT molecular complexity index is 3190. The van der Waals surface area contributed by atoms with Crippen molar-refractivity contribution in [3.63, 3.8) is 0 Å². The fourth-order valence-corrected chi connectivity index (χ4v) is 6.88. The molecule has 9 rings (SSSR count). The predicted molar refractivity (Wildman–Crippen MR) is 326 cm³/mol. The lowest BCUT2D eigenvalue weighted by Gasteiger charge is -2.15. The smallest absolute Gasteiger partial charge is 0.481 e. The number of carboxylic acid groups (broad SMARTS) is 3. The Labute approximate surface area is 576 Å². The van der Waals surface area contributed by atoms with Crippen LogP contribution in [0.1, 0.15) is 113 Å². The third-order valence-corrected chi connectivity index (χ3v) is 11.5. The monoisotopic (exact) mass is 1450 g/mol. The molecule has 4 fully saturated rings. The number of nitrogens with two attached hydrogens (primary N) is 2. The topological polar surface area (TPSA) is 621 Å². The number of ether oxygens (including phenoxy) is 2. The highest BCUT2D eigenvalue weighted by atomic mass is 16.9.